The van der Waals surface area contributed by atoms with Crippen molar-refractivity contribution in [2.24, 2.45) is 0 Å². The Hall–Kier alpha value is -0.100. The summed E-state index contributed by atoms with van der Waals surface area (Å²) >= 11 is 4.28. The van der Waals surface area contributed by atoms with Crippen LogP contribution in [-0.2, 0) is 0 Å². The molecule has 0 amide bonds. The monoisotopic (exact) mass is 320 g/mol. The molecule has 0 aliphatic carbocycles. The summed E-state index contributed by atoms with van der Waals surface area (Å²) < 4.78 is 1.19. The molecule has 0 saturated carbocycles. The Morgan fingerprint density at radius 3 is 3.00 bits per heavy atom. The molecule has 1 aromatic rings. The van der Waals surface area contributed by atoms with Crippen molar-refractivity contribution in [1.82, 2.24) is 0 Å². The molecule has 1 saturated heterocycles. The third-order valence-corrected chi connectivity index (χ3v) is 4.14. The van der Waals surface area contributed by atoms with Gasteiger partial charge in [0.15, 0.2) is 0 Å². The molecule has 1 atom stereocenters. The molecule has 4 heteroatoms. The maximum absolute atomic E-state index is 5.93. The van der Waals surface area contributed by atoms with Crippen molar-refractivity contribution < 1.29 is 0 Å². The number of nitrogens with two attached hydrogens (primary N) is 1. The first-order valence-electron chi connectivity index (χ1n) is 4.65. The van der Waals surface area contributed by atoms with Crippen molar-refractivity contribution in [3.05, 3.63) is 21.8 Å². The predicted octanol–water partition coefficient (Wildman–Crippen LogP) is 2.79. The Kier molecular flexibility index (Phi) is 3.43. The van der Waals surface area contributed by atoms with Crippen molar-refractivity contribution >= 4 is 45.7 Å². The summed E-state index contributed by atoms with van der Waals surface area (Å²) in [5.41, 5.74) is 7.86. The van der Waals surface area contributed by atoms with Crippen LogP contribution in [-0.4, -0.2) is 17.5 Å². The number of rotatable bonds is 2. The molecule has 0 radical (unpaired) electrons. The minimum atomic E-state index is 0.599. The van der Waals surface area contributed by atoms with Crippen LogP contribution in [0.1, 0.15) is 6.42 Å². The van der Waals surface area contributed by atoms with Gasteiger partial charge in [0, 0.05) is 15.4 Å². The van der Waals surface area contributed by atoms with Gasteiger partial charge in [-0.1, -0.05) is 0 Å². The minimum Gasteiger partial charge on any atom is -0.397 e. The highest BCUT2D eigenvalue weighted by atomic mass is 127. The van der Waals surface area contributed by atoms with Gasteiger partial charge in [-0.15, -0.1) is 0 Å². The van der Waals surface area contributed by atoms with Gasteiger partial charge in [-0.25, -0.2) is 0 Å². The third-order valence-electron chi connectivity index (χ3n) is 2.30. The van der Waals surface area contributed by atoms with Gasteiger partial charge in [-0.3, -0.25) is 0 Å². The van der Waals surface area contributed by atoms with Crippen molar-refractivity contribution in [2.75, 3.05) is 22.6 Å². The van der Waals surface area contributed by atoms with Crippen LogP contribution in [0.2, 0.25) is 0 Å². The molecule has 1 heterocycles. The summed E-state index contributed by atoms with van der Waals surface area (Å²) in [5, 5.41) is 3.49. The molecule has 1 fully saturated rings. The number of hydrogen-bond donors (Lipinski definition) is 2. The molecule has 3 N–H and O–H groups in total. The fourth-order valence-electron chi connectivity index (χ4n) is 1.53. The molecule has 2 rings (SSSR count). The molecule has 0 aromatic heterocycles. The van der Waals surface area contributed by atoms with Crippen LogP contribution in [0.3, 0.4) is 0 Å². The molecule has 14 heavy (non-hydrogen) atoms. The predicted molar refractivity (Wildman–Crippen MR) is 72.9 cm³/mol. The molecule has 2 nitrogen and oxygen atoms in total. The standard InChI is InChI=1S/C10H13IN2S/c11-7-1-2-10(9(12)5-7)13-8-3-4-14-6-8/h1-2,5,8,13H,3-4,6,12H2. The van der Waals surface area contributed by atoms with E-state index in [1.165, 1.54) is 21.5 Å². The minimum absolute atomic E-state index is 0.599. The zero-order valence-corrected chi connectivity index (χ0v) is 10.8. The zero-order valence-electron chi connectivity index (χ0n) is 7.79. The van der Waals surface area contributed by atoms with Gasteiger partial charge in [0.1, 0.15) is 0 Å². The lowest BCUT2D eigenvalue weighted by Crippen LogP contribution is -2.18. The van der Waals surface area contributed by atoms with E-state index in [1.54, 1.807) is 0 Å². The van der Waals surface area contributed by atoms with Crippen molar-refractivity contribution in [2.45, 2.75) is 12.5 Å². The molecule has 1 aromatic carbocycles. The van der Waals surface area contributed by atoms with Gasteiger partial charge >= 0.3 is 0 Å². The molecule has 0 bridgehead atoms. The van der Waals surface area contributed by atoms with E-state index >= 15 is 0 Å². The topological polar surface area (TPSA) is 38.0 Å². The average Bonchev–Trinajstić information content (AvgIpc) is 2.62. The Morgan fingerprint density at radius 1 is 1.50 bits per heavy atom. The second kappa shape index (κ2) is 4.61. The van der Waals surface area contributed by atoms with E-state index in [-0.39, 0.29) is 0 Å². The number of hydrogen-bond acceptors (Lipinski definition) is 3. The van der Waals surface area contributed by atoms with Crippen LogP contribution >= 0.6 is 34.4 Å². The van der Waals surface area contributed by atoms with Gasteiger partial charge in [0.2, 0.25) is 0 Å². The Labute approximate surface area is 102 Å². The van der Waals surface area contributed by atoms with Crippen LogP contribution in [0.5, 0.6) is 0 Å². The lowest BCUT2D eigenvalue weighted by atomic mass is 10.2. The van der Waals surface area contributed by atoms with Gasteiger partial charge < -0.3 is 11.1 Å². The highest BCUT2D eigenvalue weighted by molar-refractivity contribution is 14.1. The third kappa shape index (κ3) is 2.48. The first kappa shape index (κ1) is 10.4. The SMILES string of the molecule is Nc1cc(I)ccc1NC1CCSC1. The Balaban J connectivity index is 2.08. The molecule has 1 unspecified atom stereocenters. The Bertz CT molecular complexity index is 324. The molecule has 0 spiro atoms. The fraction of sp³-hybridized carbons (Fsp3) is 0.400. The lowest BCUT2D eigenvalue weighted by molar-refractivity contribution is 0.813. The van der Waals surface area contributed by atoms with Crippen LogP contribution in [0.15, 0.2) is 18.2 Å². The molecular weight excluding hydrogens is 307 g/mol. The summed E-state index contributed by atoms with van der Waals surface area (Å²) in [7, 11) is 0. The smallest absolute Gasteiger partial charge is 0.0577 e. The number of anilines is 2. The lowest BCUT2D eigenvalue weighted by Gasteiger charge is -2.14. The maximum Gasteiger partial charge on any atom is 0.0577 e. The van der Waals surface area contributed by atoms with Crippen LogP contribution in [0.25, 0.3) is 0 Å². The maximum atomic E-state index is 5.93. The van der Waals surface area contributed by atoms with E-state index in [9.17, 15) is 0 Å². The second-order valence-corrected chi connectivity index (χ2v) is 5.83. The van der Waals surface area contributed by atoms with E-state index in [0.717, 1.165) is 11.4 Å². The van der Waals surface area contributed by atoms with E-state index < -0.39 is 0 Å². The first-order valence-corrected chi connectivity index (χ1v) is 6.88. The summed E-state index contributed by atoms with van der Waals surface area (Å²) in [5.74, 6) is 2.47. The van der Waals surface area contributed by atoms with Gasteiger partial charge in [0.05, 0.1) is 11.4 Å². The van der Waals surface area contributed by atoms with Crippen LogP contribution in [0.4, 0.5) is 11.4 Å². The van der Waals surface area contributed by atoms with E-state index in [0.29, 0.717) is 6.04 Å². The number of nitrogens with one attached hydrogen (secondary N) is 1. The quantitative estimate of drug-likeness (QED) is 0.650. The van der Waals surface area contributed by atoms with Crippen molar-refractivity contribution in [3.8, 4) is 0 Å². The number of halogens is 1. The van der Waals surface area contributed by atoms with Crippen LogP contribution in [0, 0.1) is 3.57 Å². The summed E-state index contributed by atoms with van der Waals surface area (Å²) in [6, 6.07) is 6.76. The average molecular weight is 320 g/mol. The highest BCUT2D eigenvalue weighted by Crippen LogP contribution is 2.25. The highest BCUT2D eigenvalue weighted by Gasteiger charge is 2.15. The molecule has 76 valence electrons. The summed E-state index contributed by atoms with van der Waals surface area (Å²) in [6.45, 7) is 0. The second-order valence-electron chi connectivity index (χ2n) is 3.44. The van der Waals surface area contributed by atoms with Gasteiger partial charge in [0.25, 0.3) is 0 Å². The van der Waals surface area contributed by atoms with Gasteiger partial charge in [-0.05, 0) is 53.0 Å². The van der Waals surface area contributed by atoms with E-state index in [4.69, 9.17) is 5.73 Å². The zero-order chi connectivity index (χ0) is 9.97. The summed E-state index contributed by atoms with van der Waals surface area (Å²) in [4.78, 5) is 0. The fourth-order valence-corrected chi connectivity index (χ4v) is 3.20. The largest absolute Gasteiger partial charge is 0.397 e. The van der Waals surface area contributed by atoms with Crippen LogP contribution < -0.4 is 11.1 Å². The van der Waals surface area contributed by atoms with Crippen molar-refractivity contribution in [1.29, 1.82) is 0 Å². The Morgan fingerprint density at radius 2 is 2.36 bits per heavy atom. The number of thioether (sulfide) groups is 1. The summed E-state index contributed by atoms with van der Waals surface area (Å²) in [6.07, 6.45) is 1.25. The number of nitrogen functional groups attached to an aromatic ring is 1. The number of benzene rings is 1. The first-order chi connectivity index (χ1) is 6.75. The van der Waals surface area contributed by atoms with E-state index in [2.05, 4.69) is 40.0 Å². The molecule has 1 aliphatic heterocycles. The molecule has 1 aliphatic rings. The van der Waals surface area contributed by atoms with Gasteiger partial charge in [-0.2, -0.15) is 11.8 Å². The van der Waals surface area contributed by atoms with E-state index in [1.807, 2.05) is 17.8 Å². The normalized spacial score (nSPS) is 21.1. The van der Waals surface area contributed by atoms with Crippen molar-refractivity contribution in [3.63, 3.8) is 0 Å². The molecular formula is C10H13IN2S.